The predicted octanol–water partition coefficient (Wildman–Crippen LogP) is 5.45. The Morgan fingerprint density at radius 3 is 2.67 bits per heavy atom. The molecule has 0 aromatic heterocycles. The third-order valence-corrected chi connectivity index (χ3v) is 5.14. The number of phenols is 1. The number of nitrogens with one attached hydrogen (secondary N) is 1. The molecule has 7 heteroatoms. The van der Waals surface area contributed by atoms with Crippen LogP contribution < -0.4 is 5.32 Å². The first-order valence-corrected chi connectivity index (χ1v) is 9.30. The number of azo groups is 1. The van der Waals surface area contributed by atoms with Gasteiger partial charge in [-0.3, -0.25) is 4.79 Å². The zero-order chi connectivity index (χ0) is 18.8. The Labute approximate surface area is 164 Å². The van der Waals surface area contributed by atoms with E-state index in [-0.39, 0.29) is 11.7 Å². The summed E-state index contributed by atoms with van der Waals surface area (Å²) in [5, 5.41) is 23.4. The van der Waals surface area contributed by atoms with Crippen molar-refractivity contribution in [3.8, 4) is 5.75 Å². The molecule has 0 radical (unpaired) electrons. The van der Waals surface area contributed by atoms with Gasteiger partial charge in [-0.15, -0.1) is 5.11 Å². The minimum Gasteiger partial charge on any atom is -0.507 e. The standard InChI is InChI=1S/C20H13N3O2S2/c24-17-9-8-14(10-13(17)11-18-19(25)21-20(26)27-18)22-23-16-7-3-5-12-4-1-2-6-15(12)16/h1-11,24H,(H,21,25,26)/b18-11-,23-22?. The van der Waals surface area contributed by atoms with Gasteiger partial charge in [0, 0.05) is 10.9 Å². The highest BCUT2D eigenvalue weighted by Gasteiger charge is 2.22. The molecule has 0 saturated carbocycles. The zero-order valence-electron chi connectivity index (χ0n) is 13.9. The van der Waals surface area contributed by atoms with E-state index in [0.29, 0.717) is 20.5 Å². The maximum Gasteiger partial charge on any atom is 0.263 e. The second-order valence-electron chi connectivity index (χ2n) is 5.79. The maximum atomic E-state index is 11.8. The molecule has 3 aromatic carbocycles. The van der Waals surface area contributed by atoms with Gasteiger partial charge in [-0.2, -0.15) is 5.11 Å². The normalized spacial score (nSPS) is 15.8. The van der Waals surface area contributed by atoms with Gasteiger partial charge in [0.2, 0.25) is 0 Å². The quantitative estimate of drug-likeness (QED) is 0.354. The molecule has 1 heterocycles. The van der Waals surface area contributed by atoms with Crippen LogP contribution in [0, 0.1) is 0 Å². The number of benzene rings is 3. The lowest BCUT2D eigenvalue weighted by atomic mass is 10.1. The molecule has 0 spiro atoms. The summed E-state index contributed by atoms with van der Waals surface area (Å²) in [6.45, 7) is 0. The highest BCUT2D eigenvalue weighted by Crippen LogP contribution is 2.32. The number of thiocarbonyl (C=S) groups is 1. The van der Waals surface area contributed by atoms with Crippen LogP contribution in [0.3, 0.4) is 0 Å². The second kappa shape index (κ2) is 7.30. The van der Waals surface area contributed by atoms with E-state index < -0.39 is 0 Å². The zero-order valence-corrected chi connectivity index (χ0v) is 15.6. The number of carbonyl (C=O) groups excluding carboxylic acids is 1. The Morgan fingerprint density at radius 2 is 1.85 bits per heavy atom. The number of thioether (sulfide) groups is 1. The number of amides is 1. The third kappa shape index (κ3) is 3.74. The average Bonchev–Trinajstić information content (AvgIpc) is 2.99. The molecule has 4 rings (SSSR count). The summed E-state index contributed by atoms with van der Waals surface area (Å²) in [5.41, 5.74) is 1.81. The fraction of sp³-hybridized carbons (Fsp3) is 0. The Bertz CT molecular complexity index is 1130. The third-order valence-electron chi connectivity index (χ3n) is 3.98. The van der Waals surface area contributed by atoms with Gasteiger partial charge >= 0.3 is 0 Å². The Kier molecular flexibility index (Phi) is 4.70. The van der Waals surface area contributed by atoms with E-state index in [1.54, 1.807) is 18.2 Å². The lowest BCUT2D eigenvalue weighted by Gasteiger charge is -2.02. The van der Waals surface area contributed by atoms with Gasteiger partial charge in [0.25, 0.3) is 5.91 Å². The first-order valence-electron chi connectivity index (χ1n) is 8.07. The van der Waals surface area contributed by atoms with Crippen molar-refractivity contribution >= 4 is 62.4 Å². The average molecular weight is 391 g/mol. The SMILES string of the molecule is O=C1NC(=S)S/C1=C\c1cc(N=Nc2cccc3ccccc23)ccc1O. The summed E-state index contributed by atoms with van der Waals surface area (Å²) in [5.74, 6) is -0.218. The Balaban J connectivity index is 1.67. The molecule has 1 fully saturated rings. The van der Waals surface area contributed by atoms with Gasteiger partial charge in [0.15, 0.2) is 0 Å². The monoisotopic (exact) mass is 391 g/mol. The second-order valence-corrected chi connectivity index (χ2v) is 7.51. The molecule has 1 aliphatic rings. The van der Waals surface area contributed by atoms with Gasteiger partial charge in [-0.25, -0.2) is 0 Å². The smallest absolute Gasteiger partial charge is 0.263 e. The molecule has 3 aromatic rings. The lowest BCUT2D eigenvalue weighted by Crippen LogP contribution is -2.17. The molecule has 0 bridgehead atoms. The van der Waals surface area contributed by atoms with Crippen LogP contribution in [0.2, 0.25) is 0 Å². The number of rotatable bonds is 3. The van der Waals surface area contributed by atoms with Crippen molar-refractivity contribution in [2.24, 2.45) is 10.2 Å². The van der Waals surface area contributed by atoms with Crippen molar-refractivity contribution in [3.63, 3.8) is 0 Å². The summed E-state index contributed by atoms with van der Waals surface area (Å²) in [6.07, 6.45) is 1.59. The summed E-state index contributed by atoms with van der Waals surface area (Å²) >= 11 is 6.14. The largest absolute Gasteiger partial charge is 0.507 e. The van der Waals surface area contributed by atoms with Crippen LogP contribution in [0.5, 0.6) is 5.75 Å². The molecule has 0 unspecified atom stereocenters. The number of aromatic hydroxyl groups is 1. The number of carbonyl (C=O) groups is 1. The highest BCUT2D eigenvalue weighted by atomic mass is 32.2. The Hall–Kier alpha value is -3.03. The number of fused-ring (bicyclic) bond motifs is 1. The molecule has 0 aliphatic carbocycles. The van der Waals surface area contributed by atoms with Crippen LogP contribution >= 0.6 is 24.0 Å². The van der Waals surface area contributed by atoms with E-state index in [2.05, 4.69) is 15.5 Å². The minimum absolute atomic E-state index is 0.0535. The molecular weight excluding hydrogens is 378 g/mol. The Morgan fingerprint density at radius 1 is 1.04 bits per heavy atom. The first-order chi connectivity index (χ1) is 13.1. The topological polar surface area (TPSA) is 74.0 Å². The summed E-state index contributed by atoms with van der Waals surface area (Å²) in [6, 6.07) is 18.7. The van der Waals surface area contributed by atoms with Crippen molar-refractivity contribution in [2.45, 2.75) is 0 Å². The van der Waals surface area contributed by atoms with E-state index in [0.717, 1.165) is 28.2 Å². The van der Waals surface area contributed by atoms with Crippen molar-refractivity contribution in [1.82, 2.24) is 5.32 Å². The minimum atomic E-state index is -0.271. The fourth-order valence-corrected chi connectivity index (χ4v) is 3.72. The number of phenolic OH excluding ortho intramolecular Hbond substituents is 1. The number of hydrogen-bond donors (Lipinski definition) is 2. The summed E-state index contributed by atoms with van der Waals surface area (Å²) < 4.78 is 0.400. The van der Waals surface area contributed by atoms with Crippen LogP contribution in [0.15, 0.2) is 75.8 Å². The molecule has 5 nitrogen and oxygen atoms in total. The molecular formula is C20H13N3O2S2. The van der Waals surface area contributed by atoms with E-state index >= 15 is 0 Å². The van der Waals surface area contributed by atoms with Gasteiger partial charge in [-0.05, 0) is 35.7 Å². The molecule has 2 N–H and O–H groups in total. The predicted molar refractivity (Wildman–Crippen MR) is 113 cm³/mol. The van der Waals surface area contributed by atoms with E-state index in [4.69, 9.17) is 12.2 Å². The van der Waals surface area contributed by atoms with E-state index in [1.165, 1.54) is 6.07 Å². The van der Waals surface area contributed by atoms with Crippen LogP contribution in [-0.2, 0) is 4.79 Å². The van der Waals surface area contributed by atoms with Gasteiger partial charge in [0.1, 0.15) is 10.1 Å². The molecule has 0 atom stereocenters. The molecule has 132 valence electrons. The van der Waals surface area contributed by atoms with Gasteiger partial charge < -0.3 is 10.4 Å². The van der Waals surface area contributed by atoms with Gasteiger partial charge in [0.05, 0.1) is 16.3 Å². The highest BCUT2D eigenvalue weighted by molar-refractivity contribution is 8.26. The van der Waals surface area contributed by atoms with E-state index in [9.17, 15) is 9.90 Å². The summed E-state index contributed by atoms with van der Waals surface area (Å²) in [4.78, 5) is 12.2. The van der Waals surface area contributed by atoms with Crippen molar-refractivity contribution in [2.75, 3.05) is 0 Å². The van der Waals surface area contributed by atoms with Gasteiger partial charge in [-0.1, -0.05) is 60.4 Å². The molecule has 1 saturated heterocycles. The van der Waals surface area contributed by atoms with Crippen molar-refractivity contribution in [3.05, 3.63) is 71.1 Å². The number of nitrogens with zero attached hydrogens (tertiary/aromatic N) is 2. The maximum absolute atomic E-state index is 11.8. The molecule has 1 amide bonds. The molecule has 1 aliphatic heterocycles. The fourth-order valence-electron chi connectivity index (χ4n) is 2.69. The van der Waals surface area contributed by atoms with E-state index in [1.807, 2.05) is 42.5 Å². The summed E-state index contributed by atoms with van der Waals surface area (Å²) in [7, 11) is 0. The molecule has 27 heavy (non-hydrogen) atoms. The van der Waals surface area contributed by atoms with Crippen molar-refractivity contribution in [1.29, 1.82) is 0 Å². The first kappa shape index (κ1) is 17.4. The van der Waals surface area contributed by atoms with Crippen LogP contribution in [0.25, 0.3) is 16.8 Å². The van der Waals surface area contributed by atoms with Crippen molar-refractivity contribution < 1.29 is 9.90 Å². The number of hydrogen-bond acceptors (Lipinski definition) is 6. The van der Waals surface area contributed by atoms with Crippen LogP contribution in [0.4, 0.5) is 11.4 Å². The van der Waals surface area contributed by atoms with Crippen LogP contribution in [-0.4, -0.2) is 15.3 Å². The lowest BCUT2D eigenvalue weighted by molar-refractivity contribution is -0.115. The van der Waals surface area contributed by atoms with Crippen LogP contribution in [0.1, 0.15) is 5.56 Å².